The Hall–Kier alpha value is -1.97. The molecule has 0 saturated heterocycles. The summed E-state index contributed by atoms with van der Waals surface area (Å²) in [5.74, 6) is -0.457. The number of pyridine rings is 1. The lowest BCUT2D eigenvalue weighted by atomic mass is 9.99. The van der Waals surface area contributed by atoms with E-state index in [0.29, 0.717) is 6.42 Å². The average Bonchev–Trinajstić information content (AvgIpc) is 2.50. The summed E-state index contributed by atoms with van der Waals surface area (Å²) in [6.07, 6.45) is 1.34. The van der Waals surface area contributed by atoms with E-state index in [-0.39, 0.29) is 5.02 Å². The average molecular weight is 302 g/mol. The van der Waals surface area contributed by atoms with Crippen molar-refractivity contribution in [1.29, 1.82) is 0 Å². The summed E-state index contributed by atoms with van der Waals surface area (Å²) < 4.78 is 13.2. The molecule has 4 heteroatoms. The normalized spacial score (nSPS) is 12.5. The first kappa shape index (κ1) is 14.0. The molecule has 0 aliphatic rings. The van der Waals surface area contributed by atoms with Crippen molar-refractivity contribution in [3.8, 4) is 0 Å². The molecular weight excluding hydrogens is 289 g/mol. The van der Waals surface area contributed by atoms with E-state index in [1.54, 1.807) is 18.3 Å². The molecule has 0 amide bonds. The van der Waals surface area contributed by atoms with E-state index in [1.165, 1.54) is 6.07 Å². The van der Waals surface area contributed by atoms with Gasteiger partial charge in [0.2, 0.25) is 0 Å². The molecular formula is C17H13ClFNO. The van der Waals surface area contributed by atoms with Crippen LogP contribution in [0.3, 0.4) is 0 Å². The number of para-hydroxylation sites is 1. The first-order chi connectivity index (χ1) is 10.1. The Kier molecular flexibility index (Phi) is 3.86. The summed E-state index contributed by atoms with van der Waals surface area (Å²) in [4.78, 5) is 4.33. The van der Waals surface area contributed by atoms with Gasteiger partial charge in [0.25, 0.3) is 0 Å². The zero-order valence-electron chi connectivity index (χ0n) is 11.1. The number of fused-ring (bicyclic) bond motifs is 1. The van der Waals surface area contributed by atoms with Crippen LogP contribution < -0.4 is 0 Å². The van der Waals surface area contributed by atoms with Gasteiger partial charge in [-0.25, -0.2) is 4.39 Å². The Balaban J connectivity index is 1.93. The van der Waals surface area contributed by atoms with Crippen molar-refractivity contribution in [3.63, 3.8) is 0 Å². The number of aliphatic hydroxyl groups is 1. The van der Waals surface area contributed by atoms with Gasteiger partial charge in [-0.3, -0.25) is 4.98 Å². The van der Waals surface area contributed by atoms with E-state index in [1.807, 2.05) is 30.3 Å². The SMILES string of the molecule is OC(Cc1ccc(F)c(Cl)c1)c1cccc2cccnc12. The number of hydrogen-bond acceptors (Lipinski definition) is 2. The fourth-order valence-corrected chi connectivity index (χ4v) is 2.60. The second-order valence-electron chi connectivity index (χ2n) is 4.89. The number of halogens is 2. The maximum atomic E-state index is 13.2. The fraction of sp³-hybridized carbons (Fsp3) is 0.118. The van der Waals surface area contributed by atoms with Gasteiger partial charge in [-0.15, -0.1) is 0 Å². The van der Waals surface area contributed by atoms with E-state index >= 15 is 0 Å². The summed E-state index contributed by atoms with van der Waals surface area (Å²) in [5.41, 5.74) is 2.32. The van der Waals surface area contributed by atoms with Crippen molar-refractivity contribution < 1.29 is 9.50 Å². The van der Waals surface area contributed by atoms with Crippen LogP contribution in [-0.4, -0.2) is 10.1 Å². The minimum atomic E-state index is -0.717. The fourth-order valence-electron chi connectivity index (χ4n) is 2.40. The van der Waals surface area contributed by atoms with Crippen molar-refractivity contribution in [2.75, 3.05) is 0 Å². The van der Waals surface area contributed by atoms with Crippen LogP contribution >= 0.6 is 11.6 Å². The van der Waals surface area contributed by atoms with E-state index in [9.17, 15) is 9.50 Å². The molecule has 0 aliphatic heterocycles. The summed E-state index contributed by atoms with van der Waals surface area (Å²) in [5, 5.41) is 11.5. The Morgan fingerprint density at radius 1 is 1.14 bits per heavy atom. The summed E-state index contributed by atoms with van der Waals surface area (Å²) >= 11 is 5.77. The Labute approximate surface area is 126 Å². The molecule has 0 fully saturated rings. The maximum Gasteiger partial charge on any atom is 0.141 e. The number of aromatic nitrogens is 1. The molecule has 0 aliphatic carbocycles. The Bertz CT molecular complexity index is 785. The molecule has 1 atom stereocenters. The molecule has 21 heavy (non-hydrogen) atoms. The van der Waals surface area contributed by atoms with Crippen LogP contribution in [0.25, 0.3) is 10.9 Å². The standard InChI is InChI=1S/C17H13ClFNO/c18-14-9-11(6-7-15(14)19)10-16(21)13-5-1-3-12-4-2-8-20-17(12)13/h1-9,16,21H,10H2. The third-order valence-electron chi connectivity index (χ3n) is 3.44. The molecule has 1 N–H and O–H groups in total. The Morgan fingerprint density at radius 3 is 2.76 bits per heavy atom. The second-order valence-corrected chi connectivity index (χ2v) is 5.30. The van der Waals surface area contributed by atoms with Crippen LogP contribution in [0.5, 0.6) is 0 Å². The van der Waals surface area contributed by atoms with Gasteiger partial charge >= 0.3 is 0 Å². The highest BCUT2D eigenvalue weighted by molar-refractivity contribution is 6.30. The lowest BCUT2D eigenvalue weighted by Crippen LogP contribution is -2.03. The van der Waals surface area contributed by atoms with Crippen molar-refractivity contribution in [3.05, 3.63) is 76.7 Å². The number of aliphatic hydroxyl groups excluding tert-OH is 1. The minimum Gasteiger partial charge on any atom is -0.388 e. The van der Waals surface area contributed by atoms with Gasteiger partial charge in [-0.05, 0) is 23.8 Å². The van der Waals surface area contributed by atoms with Crippen LogP contribution in [0.2, 0.25) is 5.02 Å². The van der Waals surface area contributed by atoms with Crippen LogP contribution in [0, 0.1) is 5.82 Å². The van der Waals surface area contributed by atoms with Crippen molar-refractivity contribution in [2.45, 2.75) is 12.5 Å². The first-order valence-electron chi connectivity index (χ1n) is 6.61. The highest BCUT2D eigenvalue weighted by Gasteiger charge is 2.13. The summed E-state index contributed by atoms with van der Waals surface area (Å²) in [6, 6.07) is 14.0. The molecule has 0 bridgehead atoms. The molecule has 1 aromatic heterocycles. The van der Waals surface area contributed by atoms with Crippen molar-refractivity contribution in [2.24, 2.45) is 0 Å². The highest BCUT2D eigenvalue weighted by atomic mass is 35.5. The predicted molar refractivity (Wildman–Crippen MR) is 81.8 cm³/mol. The third-order valence-corrected chi connectivity index (χ3v) is 3.73. The maximum absolute atomic E-state index is 13.2. The monoisotopic (exact) mass is 301 g/mol. The van der Waals surface area contributed by atoms with Gasteiger partial charge in [0.15, 0.2) is 0 Å². The lowest BCUT2D eigenvalue weighted by Gasteiger charge is -2.13. The van der Waals surface area contributed by atoms with Gasteiger partial charge in [0, 0.05) is 23.6 Å². The molecule has 1 heterocycles. The molecule has 0 saturated carbocycles. The minimum absolute atomic E-state index is 0.0655. The van der Waals surface area contributed by atoms with Gasteiger partial charge < -0.3 is 5.11 Å². The van der Waals surface area contributed by atoms with E-state index in [0.717, 1.165) is 22.0 Å². The van der Waals surface area contributed by atoms with E-state index < -0.39 is 11.9 Å². The molecule has 3 rings (SSSR count). The molecule has 2 aromatic carbocycles. The highest BCUT2D eigenvalue weighted by Crippen LogP contribution is 2.26. The number of benzene rings is 2. The van der Waals surface area contributed by atoms with E-state index in [2.05, 4.69) is 4.98 Å². The molecule has 1 unspecified atom stereocenters. The van der Waals surface area contributed by atoms with Crippen LogP contribution in [-0.2, 0) is 6.42 Å². The Morgan fingerprint density at radius 2 is 1.95 bits per heavy atom. The smallest absolute Gasteiger partial charge is 0.141 e. The molecule has 2 nitrogen and oxygen atoms in total. The van der Waals surface area contributed by atoms with Crippen LogP contribution in [0.1, 0.15) is 17.2 Å². The van der Waals surface area contributed by atoms with Crippen molar-refractivity contribution in [1.82, 2.24) is 4.98 Å². The first-order valence-corrected chi connectivity index (χ1v) is 6.98. The second kappa shape index (κ2) is 5.80. The summed E-state index contributed by atoms with van der Waals surface area (Å²) in [6.45, 7) is 0. The zero-order valence-corrected chi connectivity index (χ0v) is 11.9. The zero-order chi connectivity index (χ0) is 14.8. The van der Waals surface area contributed by atoms with Gasteiger partial charge in [0.05, 0.1) is 16.6 Å². The quantitative estimate of drug-likeness (QED) is 0.782. The van der Waals surface area contributed by atoms with Crippen molar-refractivity contribution >= 4 is 22.5 Å². The topological polar surface area (TPSA) is 33.1 Å². The number of nitrogens with zero attached hydrogens (tertiary/aromatic N) is 1. The predicted octanol–water partition coefficient (Wildman–Crippen LogP) is 4.30. The van der Waals surface area contributed by atoms with Crippen LogP contribution in [0.15, 0.2) is 54.7 Å². The van der Waals surface area contributed by atoms with Gasteiger partial charge in [0.1, 0.15) is 5.82 Å². The molecule has 3 aromatic rings. The molecule has 0 spiro atoms. The largest absolute Gasteiger partial charge is 0.388 e. The van der Waals surface area contributed by atoms with Crippen LogP contribution in [0.4, 0.5) is 4.39 Å². The van der Waals surface area contributed by atoms with Gasteiger partial charge in [-0.2, -0.15) is 0 Å². The molecule has 0 radical (unpaired) electrons. The third kappa shape index (κ3) is 2.89. The summed E-state index contributed by atoms with van der Waals surface area (Å²) in [7, 11) is 0. The molecule has 106 valence electrons. The van der Waals surface area contributed by atoms with E-state index in [4.69, 9.17) is 11.6 Å². The number of rotatable bonds is 3. The number of hydrogen-bond donors (Lipinski definition) is 1. The lowest BCUT2D eigenvalue weighted by molar-refractivity contribution is 0.180. The van der Waals surface area contributed by atoms with Gasteiger partial charge in [-0.1, -0.05) is 41.9 Å².